The Labute approximate surface area is 158 Å². The molecule has 4 rings (SSSR count). The molecule has 0 saturated carbocycles. The summed E-state index contributed by atoms with van der Waals surface area (Å²) >= 11 is 1.54. The first kappa shape index (κ1) is 17.0. The monoisotopic (exact) mass is 377 g/mol. The lowest BCUT2D eigenvalue weighted by Gasteiger charge is -2.21. The number of hydrogen-bond acceptors (Lipinski definition) is 6. The number of phenolic OH excluding ortho intramolecular Hbond substituents is 1. The number of nitro groups is 1. The third-order valence-electron chi connectivity index (χ3n) is 4.29. The van der Waals surface area contributed by atoms with Crippen LogP contribution in [0.4, 0.5) is 11.4 Å². The normalized spacial score (nSPS) is 12.0. The molecule has 6 nitrogen and oxygen atoms in total. The number of aromatic hydroxyl groups is 1. The van der Waals surface area contributed by atoms with Crippen molar-refractivity contribution in [3.05, 3.63) is 92.8 Å². The molecular weight excluding hydrogens is 362 g/mol. The van der Waals surface area contributed by atoms with Crippen molar-refractivity contribution >= 4 is 33.6 Å². The molecule has 134 valence electrons. The summed E-state index contributed by atoms with van der Waals surface area (Å²) in [6.45, 7) is 0. The Kier molecular flexibility index (Phi) is 4.43. The number of nitrogens with one attached hydrogen (secondary N) is 1. The number of non-ortho nitro benzene ring substituents is 1. The minimum atomic E-state index is -0.428. The van der Waals surface area contributed by atoms with Crippen LogP contribution in [0.15, 0.2) is 72.2 Å². The largest absolute Gasteiger partial charge is 0.505 e. The van der Waals surface area contributed by atoms with Gasteiger partial charge in [0.2, 0.25) is 0 Å². The van der Waals surface area contributed by atoms with Crippen LogP contribution in [0, 0.1) is 10.1 Å². The Morgan fingerprint density at radius 1 is 1.11 bits per heavy atom. The number of phenols is 1. The summed E-state index contributed by atoms with van der Waals surface area (Å²) in [7, 11) is 0. The van der Waals surface area contributed by atoms with Crippen molar-refractivity contribution < 1.29 is 10.0 Å². The third-order valence-corrected chi connectivity index (χ3v) is 5.22. The fourth-order valence-electron chi connectivity index (χ4n) is 3.01. The van der Waals surface area contributed by atoms with Gasteiger partial charge >= 0.3 is 0 Å². The van der Waals surface area contributed by atoms with E-state index in [9.17, 15) is 15.2 Å². The minimum absolute atomic E-state index is 0.00864. The SMILES string of the molecule is O=[N+]([O-])c1cccc(NC(c2cccs2)c2ccc3cccnc3c2O)c1. The second-order valence-corrected chi connectivity index (χ2v) is 6.96. The molecule has 2 aromatic heterocycles. The van der Waals surface area contributed by atoms with Crippen LogP contribution in [-0.2, 0) is 0 Å². The van der Waals surface area contributed by atoms with Crippen molar-refractivity contribution in [1.29, 1.82) is 0 Å². The Balaban J connectivity index is 1.80. The van der Waals surface area contributed by atoms with E-state index in [0.29, 0.717) is 16.8 Å². The van der Waals surface area contributed by atoms with Gasteiger partial charge in [0, 0.05) is 39.8 Å². The number of hydrogen-bond donors (Lipinski definition) is 2. The molecular formula is C20H15N3O3S. The predicted molar refractivity (Wildman–Crippen MR) is 106 cm³/mol. The van der Waals surface area contributed by atoms with Crippen molar-refractivity contribution in [2.75, 3.05) is 5.32 Å². The zero-order chi connectivity index (χ0) is 18.8. The number of anilines is 1. The number of thiophene rings is 1. The summed E-state index contributed by atoms with van der Waals surface area (Å²) in [5.41, 5.74) is 1.80. The summed E-state index contributed by atoms with van der Waals surface area (Å²) in [5, 5.41) is 28.0. The van der Waals surface area contributed by atoms with Crippen LogP contribution in [0.3, 0.4) is 0 Å². The van der Waals surface area contributed by atoms with Crippen molar-refractivity contribution in [2.24, 2.45) is 0 Å². The molecule has 0 fully saturated rings. The van der Waals surface area contributed by atoms with Gasteiger partial charge < -0.3 is 10.4 Å². The fourth-order valence-corrected chi connectivity index (χ4v) is 3.81. The summed E-state index contributed by atoms with van der Waals surface area (Å²) in [6.07, 6.45) is 1.64. The molecule has 0 aliphatic rings. The van der Waals surface area contributed by atoms with E-state index in [2.05, 4.69) is 10.3 Å². The highest BCUT2D eigenvalue weighted by Crippen LogP contribution is 2.38. The van der Waals surface area contributed by atoms with Crippen molar-refractivity contribution in [1.82, 2.24) is 4.98 Å². The molecule has 0 radical (unpaired) electrons. The summed E-state index contributed by atoms with van der Waals surface area (Å²) in [5.74, 6) is 0.101. The average Bonchev–Trinajstić information content (AvgIpc) is 3.22. The maximum Gasteiger partial charge on any atom is 0.271 e. The number of nitrogens with zero attached hydrogens (tertiary/aromatic N) is 2. The summed E-state index contributed by atoms with van der Waals surface area (Å²) in [4.78, 5) is 15.9. The molecule has 1 atom stereocenters. The number of aromatic nitrogens is 1. The van der Waals surface area contributed by atoms with E-state index in [1.165, 1.54) is 12.1 Å². The standard InChI is InChI=1S/C20H15N3O3S/c24-20-16(9-8-13-4-2-10-21-18(13)20)19(17-7-3-11-27-17)22-14-5-1-6-15(12-14)23(25)26/h1-12,19,22,24H. The molecule has 27 heavy (non-hydrogen) atoms. The zero-order valence-corrected chi connectivity index (χ0v) is 14.9. The molecule has 1 unspecified atom stereocenters. The van der Waals surface area contributed by atoms with Gasteiger partial charge in [0.1, 0.15) is 11.3 Å². The maximum absolute atomic E-state index is 11.1. The van der Waals surface area contributed by atoms with Gasteiger partial charge in [-0.1, -0.05) is 30.3 Å². The van der Waals surface area contributed by atoms with Gasteiger partial charge in [0.25, 0.3) is 5.69 Å². The Morgan fingerprint density at radius 2 is 2.00 bits per heavy atom. The van der Waals surface area contributed by atoms with Crippen molar-refractivity contribution in [3.8, 4) is 5.75 Å². The number of rotatable bonds is 5. The van der Waals surface area contributed by atoms with Crippen LogP contribution in [0.2, 0.25) is 0 Å². The van der Waals surface area contributed by atoms with E-state index >= 15 is 0 Å². The van der Waals surface area contributed by atoms with Gasteiger partial charge in [-0.3, -0.25) is 15.1 Å². The van der Waals surface area contributed by atoms with Gasteiger partial charge in [-0.15, -0.1) is 11.3 Å². The van der Waals surface area contributed by atoms with Crippen LogP contribution in [-0.4, -0.2) is 15.0 Å². The molecule has 0 bridgehead atoms. The molecule has 0 aliphatic heterocycles. The second kappa shape index (κ2) is 7.05. The van der Waals surface area contributed by atoms with Gasteiger partial charge in [0.05, 0.1) is 11.0 Å². The molecule has 0 aliphatic carbocycles. The highest BCUT2D eigenvalue weighted by Gasteiger charge is 2.21. The molecule has 2 heterocycles. The number of benzene rings is 2. The van der Waals surface area contributed by atoms with Crippen molar-refractivity contribution in [3.63, 3.8) is 0 Å². The van der Waals surface area contributed by atoms with Crippen LogP contribution < -0.4 is 5.32 Å². The highest BCUT2D eigenvalue weighted by atomic mass is 32.1. The quantitative estimate of drug-likeness (QED) is 0.373. The number of nitro benzene ring substituents is 1. The average molecular weight is 377 g/mol. The lowest BCUT2D eigenvalue weighted by molar-refractivity contribution is -0.384. The van der Waals surface area contributed by atoms with Gasteiger partial charge in [-0.05, 0) is 23.6 Å². The lowest BCUT2D eigenvalue weighted by atomic mass is 10.0. The van der Waals surface area contributed by atoms with E-state index in [0.717, 1.165) is 10.3 Å². The molecule has 0 saturated heterocycles. The minimum Gasteiger partial charge on any atom is -0.505 e. The van der Waals surface area contributed by atoms with Gasteiger partial charge in [0.15, 0.2) is 0 Å². The first-order valence-electron chi connectivity index (χ1n) is 8.24. The van der Waals surface area contributed by atoms with Gasteiger partial charge in [-0.2, -0.15) is 0 Å². The summed E-state index contributed by atoms with van der Waals surface area (Å²) < 4.78 is 0. The summed E-state index contributed by atoms with van der Waals surface area (Å²) in [6, 6.07) is 17.3. The fraction of sp³-hybridized carbons (Fsp3) is 0.0500. The third kappa shape index (κ3) is 3.32. The van der Waals surface area contributed by atoms with Crippen molar-refractivity contribution in [2.45, 2.75) is 6.04 Å². The molecule has 0 amide bonds. The van der Waals surface area contributed by atoms with E-state index in [1.807, 2.05) is 41.8 Å². The maximum atomic E-state index is 11.1. The molecule has 2 N–H and O–H groups in total. The van der Waals surface area contributed by atoms with Crippen LogP contribution >= 0.6 is 11.3 Å². The molecule has 7 heteroatoms. The van der Waals surface area contributed by atoms with E-state index < -0.39 is 4.92 Å². The number of fused-ring (bicyclic) bond motifs is 1. The molecule has 4 aromatic rings. The van der Waals surface area contributed by atoms with Crippen LogP contribution in [0.5, 0.6) is 5.75 Å². The predicted octanol–water partition coefficient (Wildman–Crippen LogP) is 5.11. The number of pyridine rings is 1. The zero-order valence-electron chi connectivity index (χ0n) is 14.1. The van der Waals surface area contributed by atoms with E-state index in [4.69, 9.17) is 0 Å². The van der Waals surface area contributed by atoms with Crippen LogP contribution in [0.1, 0.15) is 16.5 Å². The smallest absolute Gasteiger partial charge is 0.271 e. The molecule has 0 spiro atoms. The Hall–Kier alpha value is -3.45. The van der Waals surface area contributed by atoms with E-state index in [1.54, 1.807) is 29.7 Å². The highest BCUT2D eigenvalue weighted by molar-refractivity contribution is 7.10. The Bertz CT molecular complexity index is 1110. The first-order valence-corrected chi connectivity index (χ1v) is 9.12. The first-order chi connectivity index (χ1) is 13.1. The Morgan fingerprint density at radius 3 is 2.78 bits per heavy atom. The van der Waals surface area contributed by atoms with E-state index in [-0.39, 0.29) is 17.5 Å². The van der Waals surface area contributed by atoms with Crippen LogP contribution in [0.25, 0.3) is 10.9 Å². The van der Waals surface area contributed by atoms with Gasteiger partial charge in [-0.25, -0.2) is 0 Å². The lowest BCUT2D eigenvalue weighted by Crippen LogP contribution is -2.11. The topological polar surface area (TPSA) is 88.3 Å². The molecule has 2 aromatic carbocycles. The second-order valence-electron chi connectivity index (χ2n) is 5.98.